The van der Waals surface area contributed by atoms with E-state index in [2.05, 4.69) is 16.7 Å². The number of amides is 1. The van der Waals surface area contributed by atoms with E-state index in [9.17, 15) is 4.79 Å². The molecule has 22 heavy (non-hydrogen) atoms. The molecule has 2 heterocycles. The molecule has 2 aliphatic rings. The fourth-order valence-corrected chi connectivity index (χ4v) is 3.77. The summed E-state index contributed by atoms with van der Waals surface area (Å²) < 4.78 is 0. The molecular weight excluding hydrogens is 272 g/mol. The number of rotatable bonds is 3. The largest absolute Gasteiger partial charge is 0.338 e. The maximum absolute atomic E-state index is 12.6. The zero-order chi connectivity index (χ0) is 15.4. The van der Waals surface area contributed by atoms with E-state index >= 15 is 0 Å². The van der Waals surface area contributed by atoms with Crippen molar-refractivity contribution in [3.8, 4) is 0 Å². The second-order valence-electron chi connectivity index (χ2n) is 7.11. The highest BCUT2D eigenvalue weighted by molar-refractivity contribution is 5.94. The first kappa shape index (κ1) is 15.5. The van der Waals surface area contributed by atoms with E-state index in [1.54, 1.807) is 0 Å². The minimum Gasteiger partial charge on any atom is -0.338 e. The van der Waals surface area contributed by atoms with Gasteiger partial charge >= 0.3 is 0 Å². The van der Waals surface area contributed by atoms with Gasteiger partial charge in [0.05, 0.1) is 0 Å². The van der Waals surface area contributed by atoms with Crippen LogP contribution in [0, 0.1) is 11.8 Å². The standard InChI is InChI=1S/C19H28N2O/c1-16-9-12-20(13-10-16)14-17-6-5-11-21(15-17)19(22)18-7-3-2-4-8-18/h2-4,7-8,16-17H,5-6,9-15H2,1H3/t17-/m1/s1. The van der Waals surface area contributed by atoms with Crippen LogP contribution in [0.15, 0.2) is 30.3 Å². The summed E-state index contributed by atoms with van der Waals surface area (Å²) in [5.41, 5.74) is 0.829. The normalized spacial score (nSPS) is 24.4. The lowest BCUT2D eigenvalue weighted by molar-refractivity contribution is 0.0622. The molecule has 3 nitrogen and oxygen atoms in total. The van der Waals surface area contributed by atoms with Crippen LogP contribution >= 0.6 is 0 Å². The molecule has 2 fully saturated rings. The predicted molar refractivity (Wildman–Crippen MR) is 89.9 cm³/mol. The number of hydrogen-bond donors (Lipinski definition) is 0. The Morgan fingerprint density at radius 3 is 2.55 bits per heavy atom. The van der Waals surface area contributed by atoms with Gasteiger partial charge in [0.1, 0.15) is 0 Å². The van der Waals surface area contributed by atoms with Crippen LogP contribution in [0.1, 0.15) is 43.0 Å². The maximum atomic E-state index is 12.6. The number of benzene rings is 1. The van der Waals surface area contributed by atoms with Gasteiger partial charge in [0.25, 0.3) is 5.91 Å². The van der Waals surface area contributed by atoms with Crippen molar-refractivity contribution in [2.45, 2.75) is 32.6 Å². The number of nitrogens with zero attached hydrogens (tertiary/aromatic N) is 2. The summed E-state index contributed by atoms with van der Waals surface area (Å²) in [5.74, 6) is 1.74. The summed E-state index contributed by atoms with van der Waals surface area (Å²) in [7, 11) is 0. The van der Waals surface area contributed by atoms with Crippen molar-refractivity contribution in [2.24, 2.45) is 11.8 Å². The minimum atomic E-state index is 0.206. The lowest BCUT2D eigenvalue weighted by atomic mass is 9.94. The Morgan fingerprint density at radius 2 is 1.82 bits per heavy atom. The van der Waals surface area contributed by atoms with E-state index in [0.29, 0.717) is 5.92 Å². The maximum Gasteiger partial charge on any atom is 0.253 e. The highest BCUT2D eigenvalue weighted by Crippen LogP contribution is 2.22. The average Bonchev–Trinajstić information content (AvgIpc) is 2.57. The van der Waals surface area contributed by atoms with E-state index < -0.39 is 0 Å². The van der Waals surface area contributed by atoms with Crippen LogP contribution in [0.4, 0.5) is 0 Å². The fraction of sp³-hybridized carbons (Fsp3) is 0.632. The van der Waals surface area contributed by atoms with Crippen molar-refractivity contribution in [3.63, 3.8) is 0 Å². The van der Waals surface area contributed by atoms with Crippen molar-refractivity contribution in [1.82, 2.24) is 9.80 Å². The van der Waals surface area contributed by atoms with E-state index in [1.165, 1.54) is 38.9 Å². The zero-order valence-corrected chi connectivity index (χ0v) is 13.7. The summed E-state index contributed by atoms with van der Waals surface area (Å²) in [6.07, 6.45) is 5.08. The van der Waals surface area contributed by atoms with Crippen LogP contribution in [0.3, 0.4) is 0 Å². The molecule has 1 atom stereocenters. The number of hydrogen-bond acceptors (Lipinski definition) is 2. The summed E-state index contributed by atoms with van der Waals surface area (Å²) in [6.45, 7) is 7.86. The molecule has 0 spiro atoms. The van der Waals surface area contributed by atoms with Crippen LogP contribution in [0.25, 0.3) is 0 Å². The third kappa shape index (κ3) is 3.89. The highest BCUT2D eigenvalue weighted by atomic mass is 16.2. The van der Waals surface area contributed by atoms with Gasteiger partial charge < -0.3 is 9.80 Å². The second kappa shape index (κ2) is 7.28. The summed E-state index contributed by atoms with van der Waals surface area (Å²) in [5, 5.41) is 0. The Bertz CT molecular complexity index is 479. The molecule has 2 saturated heterocycles. The third-order valence-corrected chi connectivity index (χ3v) is 5.22. The van der Waals surface area contributed by atoms with E-state index in [-0.39, 0.29) is 5.91 Å². The molecular formula is C19H28N2O. The van der Waals surface area contributed by atoms with E-state index in [0.717, 1.165) is 31.0 Å². The molecule has 0 aromatic heterocycles. The average molecular weight is 300 g/mol. The molecule has 0 saturated carbocycles. The number of carbonyl (C=O) groups excluding carboxylic acids is 1. The van der Waals surface area contributed by atoms with E-state index in [1.807, 2.05) is 30.3 Å². The molecule has 0 N–H and O–H groups in total. The van der Waals surface area contributed by atoms with Crippen molar-refractivity contribution in [3.05, 3.63) is 35.9 Å². The van der Waals surface area contributed by atoms with E-state index in [4.69, 9.17) is 0 Å². The second-order valence-corrected chi connectivity index (χ2v) is 7.11. The molecule has 3 heteroatoms. The minimum absolute atomic E-state index is 0.206. The van der Waals surface area contributed by atoms with Gasteiger partial charge in [-0.2, -0.15) is 0 Å². The predicted octanol–water partition coefficient (Wildman–Crippen LogP) is 3.27. The van der Waals surface area contributed by atoms with Crippen LogP contribution < -0.4 is 0 Å². The summed E-state index contributed by atoms with van der Waals surface area (Å²) >= 11 is 0. The summed E-state index contributed by atoms with van der Waals surface area (Å²) in [4.78, 5) is 17.3. The monoisotopic (exact) mass is 300 g/mol. The third-order valence-electron chi connectivity index (χ3n) is 5.22. The molecule has 1 aromatic rings. The van der Waals surface area contributed by atoms with Crippen molar-refractivity contribution < 1.29 is 4.79 Å². The van der Waals surface area contributed by atoms with Gasteiger partial charge in [-0.15, -0.1) is 0 Å². The van der Waals surface area contributed by atoms with Gasteiger partial charge in [-0.3, -0.25) is 4.79 Å². The van der Waals surface area contributed by atoms with Crippen LogP contribution in [-0.2, 0) is 0 Å². The lowest BCUT2D eigenvalue weighted by Crippen LogP contribution is -2.45. The van der Waals surface area contributed by atoms with Crippen molar-refractivity contribution in [2.75, 3.05) is 32.7 Å². The lowest BCUT2D eigenvalue weighted by Gasteiger charge is -2.37. The first-order chi connectivity index (χ1) is 10.7. The Kier molecular flexibility index (Phi) is 5.14. The van der Waals surface area contributed by atoms with Gasteiger partial charge in [0.15, 0.2) is 0 Å². The summed E-state index contributed by atoms with van der Waals surface area (Å²) in [6, 6.07) is 9.72. The van der Waals surface area contributed by atoms with Gasteiger partial charge in [-0.25, -0.2) is 0 Å². The van der Waals surface area contributed by atoms with Crippen LogP contribution in [0.5, 0.6) is 0 Å². The Labute approximate surface area is 134 Å². The molecule has 0 aliphatic carbocycles. The number of piperidine rings is 2. The van der Waals surface area contributed by atoms with Crippen LogP contribution in [-0.4, -0.2) is 48.4 Å². The first-order valence-electron chi connectivity index (χ1n) is 8.79. The van der Waals surface area contributed by atoms with Crippen molar-refractivity contribution >= 4 is 5.91 Å². The number of likely N-dealkylation sites (tertiary alicyclic amines) is 2. The molecule has 0 unspecified atom stereocenters. The first-order valence-corrected chi connectivity index (χ1v) is 8.79. The fourth-order valence-electron chi connectivity index (χ4n) is 3.77. The Hall–Kier alpha value is -1.35. The molecule has 1 amide bonds. The van der Waals surface area contributed by atoms with Gasteiger partial charge in [-0.05, 0) is 62.7 Å². The molecule has 0 radical (unpaired) electrons. The van der Waals surface area contributed by atoms with Gasteiger partial charge in [0.2, 0.25) is 0 Å². The SMILES string of the molecule is CC1CCN(C[C@H]2CCCN(C(=O)c3ccccc3)C2)CC1. The Balaban J connectivity index is 1.54. The Morgan fingerprint density at radius 1 is 1.09 bits per heavy atom. The molecule has 1 aromatic carbocycles. The highest BCUT2D eigenvalue weighted by Gasteiger charge is 2.26. The smallest absolute Gasteiger partial charge is 0.253 e. The van der Waals surface area contributed by atoms with Gasteiger partial charge in [0, 0.05) is 25.2 Å². The molecule has 120 valence electrons. The molecule has 0 bridgehead atoms. The molecule has 2 aliphatic heterocycles. The topological polar surface area (TPSA) is 23.6 Å². The zero-order valence-electron chi connectivity index (χ0n) is 13.7. The quantitative estimate of drug-likeness (QED) is 0.855. The molecule has 3 rings (SSSR count). The number of carbonyl (C=O) groups is 1. The van der Waals surface area contributed by atoms with Crippen LogP contribution in [0.2, 0.25) is 0 Å². The van der Waals surface area contributed by atoms with Crippen molar-refractivity contribution in [1.29, 1.82) is 0 Å². The van der Waals surface area contributed by atoms with Gasteiger partial charge in [-0.1, -0.05) is 25.1 Å².